The van der Waals surface area contributed by atoms with E-state index in [0.717, 1.165) is 22.5 Å². The van der Waals surface area contributed by atoms with Crippen LogP contribution in [0, 0.1) is 13.8 Å². The number of hydrogen-bond donors (Lipinski definition) is 1. The smallest absolute Gasteiger partial charge is 0.251 e. The van der Waals surface area contributed by atoms with Crippen LogP contribution < -0.4 is 14.8 Å². The third kappa shape index (κ3) is 6.06. The van der Waals surface area contributed by atoms with Gasteiger partial charge in [-0.1, -0.05) is 36.4 Å². The van der Waals surface area contributed by atoms with Gasteiger partial charge in [-0.25, -0.2) is 0 Å². The fourth-order valence-electron chi connectivity index (χ4n) is 3.85. The normalized spacial score (nSPS) is 10.7. The lowest BCUT2D eigenvalue weighted by molar-refractivity contribution is 0.0950. The highest BCUT2D eigenvalue weighted by Crippen LogP contribution is 2.29. The van der Waals surface area contributed by atoms with Crippen molar-refractivity contribution >= 4 is 5.91 Å². The first-order valence-electron chi connectivity index (χ1n) is 11.7. The number of benzene rings is 2. The molecular formula is C28H30N4O3. The fraction of sp³-hybridized carbons (Fsp3) is 0.250. The Hall–Kier alpha value is -4.13. The van der Waals surface area contributed by atoms with Gasteiger partial charge in [-0.2, -0.15) is 5.10 Å². The number of ether oxygens (including phenoxy) is 2. The summed E-state index contributed by atoms with van der Waals surface area (Å²) in [5.74, 6) is 0.938. The van der Waals surface area contributed by atoms with Gasteiger partial charge in [0.05, 0.1) is 18.8 Å². The maximum absolute atomic E-state index is 12.9. The molecule has 0 unspecified atom stereocenters. The van der Waals surface area contributed by atoms with Gasteiger partial charge < -0.3 is 14.8 Å². The summed E-state index contributed by atoms with van der Waals surface area (Å²) < 4.78 is 13.6. The molecule has 0 aliphatic heterocycles. The van der Waals surface area contributed by atoms with Crippen molar-refractivity contribution < 1.29 is 14.3 Å². The van der Waals surface area contributed by atoms with Crippen LogP contribution in [0.25, 0.3) is 0 Å². The highest BCUT2D eigenvalue weighted by atomic mass is 16.5. The van der Waals surface area contributed by atoms with Crippen molar-refractivity contribution in [2.75, 3.05) is 6.61 Å². The first-order valence-corrected chi connectivity index (χ1v) is 11.7. The highest BCUT2D eigenvalue weighted by Gasteiger charge is 2.15. The second kappa shape index (κ2) is 11.3. The molecule has 4 aromatic rings. The van der Waals surface area contributed by atoms with Crippen molar-refractivity contribution in [1.29, 1.82) is 0 Å². The molecule has 4 rings (SSSR count). The molecule has 0 aliphatic carbocycles. The average Bonchev–Trinajstić information content (AvgIpc) is 3.14. The molecule has 0 spiro atoms. The van der Waals surface area contributed by atoms with Gasteiger partial charge in [0.15, 0.2) is 11.5 Å². The maximum atomic E-state index is 12.9. The predicted molar refractivity (Wildman–Crippen MR) is 135 cm³/mol. The molecule has 7 heteroatoms. The van der Waals surface area contributed by atoms with E-state index >= 15 is 0 Å². The molecule has 2 aromatic carbocycles. The molecule has 0 radical (unpaired) electrons. The molecule has 1 amide bonds. The van der Waals surface area contributed by atoms with Crippen LogP contribution in [0.1, 0.15) is 45.4 Å². The summed E-state index contributed by atoms with van der Waals surface area (Å²) in [6.07, 6.45) is 3.48. The number of nitrogens with one attached hydrogen (secondary N) is 1. The van der Waals surface area contributed by atoms with E-state index in [9.17, 15) is 4.79 Å². The van der Waals surface area contributed by atoms with Gasteiger partial charge in [-0.3, -0.25) is 14.5 Å². The Labute approximate surface area is 205 Å². The summed E-state index contributed by atoms with van der Waals surface area (Å²) in [6, 6.07) is 19.3. The van der Waals surface area contributed by atoms with Crippen molar-refractivity contribution in [3.8, 4) is 11.5 Å². The van der Waals surface area contributed by atoms with Crippen molar-refractivity contribution in [3.05, 3.63) is 107 Å². The van der Waals surface area contributed by atoms with E-state index in [0.29, 0.717) is 43.4 Å². The van der Waals surface area contributed by atoms with Crippen molar-refractivity contribution in [2.24, 2.45) is 0 Å². The summed E-state index contributed by atoms with van der Waals surface area (Å²) in [4.78, 5) is 17.0. The van der Waals surface area contributed by atoms with Crippen LogP contribution in [0.2, 0.25) is 0 Å². The van der Waals surface area contributed by atoms with Crippen molar-refractivity contribution in [1.82, 2.24) is 20.1 Å². The number of carbonyl (C=O) groups excluding carboxylic acids is 1. The quantitative estimate of drug-likeness (QED) is 0.358. The largest absolute Gasteiger partial charge is 0.490 e. The minimum absolute atomic E-state index is 0.181. The summed E-state index contributed by atoms with van der Waals surface area (Å²) in [5, 5.41) is 7.70. The standard InChI is InChI=1S/C28H30N4O3/c1-4-34-27-15-24(12-13-26(27)35-19-23-11-8-14-29-16-23)28(33)30-17-25-20(2)31-32(21(25)3)18-22-9-6-5-7-10-22/h5-16H,4,17-19H2,1-3H3,(H,30,33). The number of carbonyl (C=O) groups is 1. The Bertz CT molecular complexity index is 1270. The Morgan fingerprint density at radius 3 is 2.51 bits per heavy atom. The molecular weight excluding hydrogens is 440 g/mol. The van der Waals surface area contributed by atoms with E-state index in [-0.39, 0.29) is 5.91 Å². The maximum Gasteiger partial charge on any atom is 0.251 e. The van der Waals surface area contributed by atoms with E-state index in [1.165, 1.54) is 5.56 Å². The molecule has 0 saturated carbocycles. The lowest BCUT2D eigenvalue weighted by Crippen LogP contribution is -2.23. The summed E-state index contributed by atoms with van der Waals surface area (Å²) in [5.41, 5.74) is 5.62. The number of hydrogen-bond acceptors (Lipinski definition) is 5. The summed E-state index contributed by atoms with van der Waals surface area (Å²) >= 11 is 0. The molecule has 0 bridgehead atoms. The zero-order chi connectivity index (χ0) is 24.6. The number of aryl methyl sites for hydroxylation is 1. The number of pyridine rings is 1. The highest BCUT2D eigenvalue weighted by molar-refractivity contribution is 5.94. The second-order valence-corrected chi connectivity index (χ2v) is 8.22. The van der Waals surface area contributed by atoms with Gasteiger partial charge in [-0.05, 0) is 50.6 Å². The SMILES string of the molecule is CCOc1cc(C(=O)NCc2c(C)nn(Cc3ccccc3)c2C)ccc1OCc1cccnc1. The van der Waals surface area contributed by atoms with Crippen LogP contribution in [0.4, 0.5) is 0 Å². The molecule has 180 valence electrons. The first kappa shape index (κ1) is 24.0. The first-order chi connectivity index (χ1) is 17.0. The van der Waals surface area contributed by atoms with Crippen molar-refractivity contribution in [3.63, 3.8) is 0 Å². The third-order valence-electron chi connectivity index (χ3n) is 5.76. The number of nitrogens with zero attached hydrogens (tertiary/aromatic N) is 3. The van der Waals surface area contributed by atoms with Crippen molar-refractivity contribution in [2.45, 2.75) is 40.5 Å². The molecule has 2 aromatic heterocycles. The van der Waals surface area contributed by atoms with Crippen LogP contribution in [0.5, 0.6) is 11.5 Å². The molecule has 0 atom stereocenters. The molecule has 0 fully saturated rings. The summed E-state index contributed by atoms with van der Waals surface area (Å²) in [7, 11) is 0. The van der Waals surface area contributed by atoms with E-state index in [4.69, 9.17) is 9.47 Å². The Balaban J connectivity index is 1.42. The van der Waals surface area contributed by atoms with E-state index < -0.39 is 0 Å². The van der Waals surface area contributed by atoms with E-state index in [2.05, 4.69) is 27.5 Å². The predicted octanol–water partition coefficient (Wildman–Crippen LogP) is 4.85. The van der Waals surface area contributed by atoms with Crippen LogP contribution >= 0.6 is 0 Å². The van der Waals surface area contributed by atoms with E-state index in [1.807, 2.05) is 55.8 Å². The average molecular weight is 471 g/mol. The van der Waals surface area contributed by atoms with Gasteiger partial charge in [0.1, 0.15) is 6.61 Å². The van der Waals surface area contributed by atoms with Gasteiger partial charge >= 0.3 is 0 Å². The minimum atomic E-state index is -0.181. The molecule has 35 heavy (non-hydrogen) atoms. The van der Waals surface area contributed by atoms with Gasteiger partial charge in [0.25, 0.3) is 5.91 Å². The van der Waals surface area contributed by atoms with Gasteiger partial charge in [0, 0.05) is 41.3 Å². The number of aromatic nitrogens is 3. The number of amides is 1. The molecule has 0 aliphatic rings. The lowest BCUT2D eigenvalue weighted by Gasteiger charge is -2.14. The van der Waals surface area contributed by atoms with Gasteiger partial charge in [-0.15, -0.1) is 0 Å². The minimum Gasteiger partial charge on any atom is -0.490 e. The molecule has 7 nitrogen and oxygen atoms in total. The second-order valence-electron chi connectivity index (χ2n) is 8.22. The molecule has 2 heterocycles. The zero-order valence-corrected chi connectivity index (χ0v) is 20.3. The molecule has 0 saturated heterocycles. The Kier molecular flexibility index (Phi) is 7.77. The fourth-order valence-corrected chi connectivity index (χ4v) is 3.85. The van der Waals surface area contributed by atoms with Crippen LogP contribution in [-0.2, 0) is 19.7 Å². The number of rotatable bonds is 10. The monoisotopic (exact) mass is 470 g/mol. The Morgan fingerprint density at radius 2 is 1.77 bits per heavy atom. The van der Waals surface area contributed by atoms with Crippen LogP contribution in [0.15, 0.2) is 73.1 Å². The Morgan fingerprint density at radius 1 is 0.971 bits per heavy atom. The summed E-state index contributed by atoms with van der Waals surface area (Å²) in [6.45, 7) is 7.83. The third-order valence-corrected chi connectivity index (χ3v) is 5.76. The molecule has 1 N–H and O–H groups in total. The lowest BCUT2D eigenvalue weighted by atomic mass is 10.1. The van der Waals surface area contributed by atoms with Crippen LogP contribution in [0.3, 0.4) is 0 Å². The van der Waals surface area contributed by atoms with Gasteiger partial charge in [0.2, 0.25) is 0 Å². The van der Waals surface area contributed by atoms with E-state index in [1.54, 1.807) is 30.6 Å². The van der Waals surface area contributed by atoms with Crippen LogP contribution in [-0.4, -0.2) is 27.3 Å². The zero-order valence-electron chi connectivity index (χ0n) is 20.3. The topological polar surface area (TPSA) is 78.3 Å².